The van der Waals surface area contributed by atoms with E-state index >= 15 is 0 Å². The largest absolute Gasteiger partial charge is 0.340 e. The average Bonchev–Trinajstić information content (AvgIpc) is 3.33. The first kappa shape index (κ1) is 21.3. The van der Waals surface area contributed by atoms with E-state index in [0.717, 1.165) is 16.3 Å². The third kappa shape index (κ3) is 4.72. The Hall–Kier alpha value is -2.91. The van der Waals surface area contributed by atoms with Crippen LogP contribution in [0.1, 0.15) is 48.4 Å². The Bertz CT molecular complexity index is 1170. The molecule has 3 aromatic rings. The van der Waals surface area contributed by atoms with E-state index in [0.29, 0.717) is 34.2 Å². The maximum atomic E-state index is 12.9. The van der Waals surface area contributed by atoms with Gasteiger partial charge in [0.25, 0.3) is 5.91 Å². The van der Waals surface area contributed by atoms with Gasteiger partial charge in [-0.15, -0.1) is 11.3 Å². The van der Waals surface area contributed by atoms with E-state index in [1.165, 1.54) is 11.3 Å². The molecule has 0 radical (unpaired) electrons. The molecule has 1 unspecified atom stereocenters. The summed E-state index contributed by atoms with van der Waals surface area (Å²) in [6.07, 6.45) is 0.539. The number of Topliss-reactive ketones (excluding diaryl/α,β-unsaturated/α-hetero) is 1. The Morgan fingerprint density at radius 3 is 2.74 bits per heavy atom. The van der Waals surface area contributed by atoms with Crippen molar-refractivity contribution in [3.05, 3.63) is 62.0 Å². The van der Waals surface area contributed by atoms with Crippen molar-refractivity contribution < 1.29 is 14.4 Å². The van der Waals surface area contributed by atoms with Gasteiger partial charge in [-0.3, -0.25) is 19.7 Å². The van der Waals surface area contributed by atoms with Gasteiger partial charge in [0.15, 0.2) is 10.9 Å². The van der Waals surface area contributed by atoms with Gasteiger partial charge < -0.3 is 4.90 Å². The van der Waals surface area contributed by atoms with Crippen LogP contribution in [0.2, 0.25) is 0 Å². The fraction of sp³-hybridized carbons (Fsp3) is 0.318. The summed E-state index contributed by atoms with van der Waals surface area (Å²) in [7, 11) is 1.73. The third-order valence-corrected chi connectivity index (χ3v) is 6.99. The molecule has 7 nitrogen and oxygen atoms in total. The van der Waals surface area contributed by atoms with Crippen molar-refractivity contribution in [2.75, 3.05) is 12.4 Å². The molecular weight excluding hydrogens is 432 g/mol. The highest BCUT2D eigenvalue weighted by atomic mass is 32.1. The molecule has 31 heavy (non-hydrogen) atoms. The molecule has 4 rings (SSSR count). The van der Waals surface area contributed by atoms with E-state index in [4.69, 9.17) is 0 Å². The van der Waals surface area contributed by atoms with Gasteiger partial charge >= 0.3 is 0 Å². The molecule has 0 saturated heterocycles. The SMILES string of the molecule is Cc1cccc(C(=O)Nc2nc3c(s2)C(=O)CC(C(=O)N(C)Cc2csc(C)n2)C3)c1. The lowest BCUT2D eigenvalue weighted by molar-refractivity contribution is -0.134. The van der Waals surface area contributed by atoms with Gasteiger partial charge in [-0.1, -0.05) is 29.0 Å². The van der Waals surface area contributed by atoms with Crippen LogP contribution in [0.5, 0.6) is 0 Å². The highest BCUT2D eigenvalue weighted by Crippen LogP contribution is 2.33. The Labute approximate surface area is 188 Å². The van der Waals surface area contributed by atoms with Crippen LogP contribution in [0.15, 0.2) is 29.6 Å². The number of amides is 2. The van der Waals surface area contributed by atoms with E-state index in [9.17, 15) is 14.4 Å². The summed E-state index contributed by atoms with van der Waals surface area (Å²) >= 11 is 2.72. The molecule has 2 heterocycles. The molecule has 0 fully saturated rings. The first-order chi connectivity index (χ1) is 14.8. The molecule has 0 saturated carbocycles. The number of hydrogen-bond acceptors (Lipinski definition) is 7. The second-order valence-electron chi connectivity index (χ2n) is 7.70. The van der Waals surface area contributed by atoms with E-state index in [-0.39, 0.29) is 24.0 Å². The monoisotopic (exact) mass is 454 g/mol. The minimum Gasteiger partial charge on any atom is -0.340 e. The third-order valence-electron chi connectivity index (χ3n) is 5.11. The predicted octanol–water partition coefficient (Wildman–Crippen LogP) is 3.87. The molecule has 1 N–H and O–H groups in total. The Morgan fingerprint density at radius 2 is 2.03 bits per heavy atom. The minimum atomic E-state index is -0.452. The zero-order valence-electron chi connectivity index (χ0n) is 17.5. The second-order valence-corrected chi connectivity index (χ2v) is 9.76. The van der Waals surface area contributed by atoms with E-state index in [2.05, 4.69) is 15.3 Å². The molecule has 9 heteroatoms. The number of carbonyl (C=O) groups is 3. The standard InChI is InChI=1S/C22H22N4O3S2/c1-12-5-4-6-14(7-12)20(28)25-22-24-17-8-15(9-18(27)19(17)31-22)21(29)26(3)10-16-11-30-13(2)23-16/h4-7,11,15H,8-10H2,1-3H3,(H,24,25,28). The van der Waals surface area contributed by atoms with Crippen molar-refractivity contribution in [2.24, 2.45) is 5.92 Å². The van der Waals surface area contributed by atoms with Crippen LogP contribution in [0.25, 0.3) is 0 Å². The lowest BCUT2D eigenvalue weighted by Crippen LogP contribution is -2.36. The number of carbonyl (C=O) groups excluding carboxylic acids is 3. The predicted molar refractivity (Wildman–Crippen MR) is 121 cm³/mol. The van der Waals surface area contributed by atoms with Crippen LogP contribution in [-0.4, -0.2) is 39.5 Å². The summed E-state index contributed by atoms with van der Waals surface area (Å²) in [6, 6.07) is 7.26. The number of nitrogens with zero attached hydrogens (tertiary/aromatic N) is 3. The van der Waals surface area contributed by atoms with Crippen molar-refractivity contribution in [3.8, 4) is 0 Å². The summed E-state index contributed by atoms with van der Waals surface area (Å²) in [6.45, 7) is 4.26. The molecule has 1 atom stereocenters. The van der Waals surface area contributed by atoms with Gasteiger partial charge in [-0.05, 0) is 26.0 Å². The smallest absolute Gasteiger partial charge is 0.257 e. The van der Waals surface area contributed by atoms with Crippen molar-refractivity contribution in [2.45, 2.75) is 33.2 Å². The fourth-order valence-electron chi connectivity index (χ4n) is 3.63. The van der Waals surface area contributed by atoms with Crippen molar-refractivity contribution in [1.82, 2.24) is 14.9 Å². The van der Waals surface area contributed by atoms with Gasteiger partial charge in [0.05, 0.1) is 33.7 Å². The second kappa shape index (κ2) is 8.68. The van der Waals surface area contributed by atoms with Crippen molar-refractivity contribution in [3.63, 3.8) is 0 Å². The molecule has 1 aromatic carbocycles. The number of aromatic nitrogens is 2. The lowest BCUT2D eigenvalue weighted by atomic mass is 9.89. The molecule has 1 aliphatic carbocycles. The molecule has 0 bridgehead atoms. The maximum Gasteiger partial charge on any atom is 0.257 e. The zero-order valence-corrected chi connectivity index (χ0v) is 19.1. The van der Waals surface area contributed by atoms with Gasteiger partial charge in [0.2, 0.25) is 5.91 Å². The molecule has 0 aliphatic heterocycles. The van der Waals surface area contributed by atoms with Crippen LogP contribution < -0.4 is 5.32 Å². The normalized spacial score (nSPS) is 15.5. The number of nitrogens with one attached hydrogen (secondary N) is 1. The molecular formula is C22H22N4O3S2. The number of anilines is 1. The minimum absolute atomic E-state index is 0.0944. The van der Waals surface area contributed by atoms with Gasteiger partial charge in [0, 0.05) is 30.8 Å². The highest BCUT2D eigenvalue weighted by Gasteiger charge is 2.34. The molecule has 1 aliphatic rings. The number of thiazole rings is 2. The molecule has 2 aromatic heterocycles. The van der Waals surface area contributed by atoms with E-state index in [1.807, 2.05) is 31.4 Å². The molecule has 0 spiro atoms. The van der Waals surface area contributed by atoms with Crippen LogP contribution in [-0.2, 0) is 17.8 Å². The molecule has 2 amide bonds. The van der Waals surface area contributed by atoms with Crippen LogP contribution in [0.3, 0.4) is 0 Å². The first-order valence-corrected chi connectivity index (χ1v) is 11.6. The zero-order chi connectivity index (χ0) is 22.1. The van der Waals surface area contributed by atoms with E-state index in [1.54, 1.807) is 35.4 Å². The lowest BCUT2D eigenvalue weighted by Gasteiger charge is -2.25. The Morgan fingerprint density at radius 1 is 1.23 bits per heavy atom. The highest BCUT2D eigenvalue weighted by molar-refractivity contribution is 7.17. The summed E-state index contributed by atoms with van der Waals surface area (Å²) in [5.74, 6) is -0.922. The maximum absolute atomic E-state index is 12.9. The first-order valence-electron chi connectivity index (χ1n) is 9.87. The fourth-order valence-corrected chi connectivity index (χ4v) is 5.17. The Kier molecular flexibility index (Phi) is 5.97. The Balaban J connectivity index is 1.45. The topological polar surface area (TPSA) is 92.3 Å². The van der Waals surface area contributed by atoms with Crippen LogP contribution in [0.4, 0.5) is 5.13 Å². The quantitative estimate of drug-likeness (QED) is 0.632. The number of rotatable bonds is 5. The van der Waals surface area contributed by atoms with Crippen molar-refractivity contribution >= 4 is 45.4 Å². The number of fused-ring (bicyclic) bond motifs is 1. The summed E-state index contributed by atoms with van der Waals surface area (Å²) in [5.41, 5.74) is 2.94. The number of aryl methyl sites for hydroxylation is 2. The number of ketones is 1. The van der Waals surface area contributed by atoms with Crippen LogP contribution in [0, 0.1) is 19.8 Å². The average molecular weight is 455 g/mol. The summed E-state index contributed by atoms with van der Waals surface area (Å²) in [4.78, 5) is 49.1. The molecule has 160 valence electrons. The summed E-state index contributed by atoms with van der Waals surface area (Å²) in [5, 5.41) is 6.05. The van der Waals surface area contributed by atoms with Crippen LogP contribution >= 0.6 is 22.7 Å². The number of hydrogen-bond donors (Lipinski definition) is 1. The van der Waals surface area contributed by atoms with Crippen molar-refractivity contribution in [1.29, 1.82) is 0 Å². The van der Waals surface area contributed by atoms with Gasteiger partial charge in [-0.25, -0.2) is 9.97 Å². The van der Waals surface area contributed by atoms with Gasteiger partial charge in [-0.2, -0.15) is 0 Å². The van der Waals surface area contributed by atoms with Gasteiger partial charge in [0.1, 0.15) is 0 Å². The summed E-state index contributed by atoms with van der Waals surface area (Å²) < 4.78 is 0. The van der Waals surface area contributed by atoms with E-state index < -0.39 is 5.92 Å². The number of benzene rings is 1.